The fourth-order valence-electron chi connectivity index (χ4n) is 3.05. The summed E-state index contributed by atoms with van der Waals surface area (Å²) < 4.78 is 5.21. The van der Waals surface area contributed by atoms with Gasteiger partial charge in [-0.1, -0.05) is 54.6 Å². The largest absolute Gasteiger partial charge is 0.497 e. The summed E-state index contributed by atoms with van der Waals surface area (Å²) in [6.45, 7) is 4.59. The number of carbonyl (C=O) groups is 1. The van der Waals surface area contributed by atoms with Gasteiger partial charge in [-0.05, 0) is 54.3 Å². The van der Waals surface area contributed by atoms with Crippen LogP contribution in [0.4, 0.5) is 5.69 Å². The molecule has 0 spiro atoms. The summed E-state index contributed by atoms with van der Waals surface area (Å²) in [5.74, 6) is 0.740. The molecule has 0 bridgehead atoms. The summed E-state index contributed by atoms with van der Waals surface area (Å²) >= 11 is 0. The smallest absolute Gasteiger partial charge is 0.246 e. The maximum absolute atomic E-state index is 13.1. The van der Waals surface area contributed by atoms with Gasteiger partial charge in [-0.2, -0.15) is 0 Å². The summed E-state index contributed by atoms with van der Waals surface area (Å²) in [4.78, 5) is 13.1. The summed E-state index contributed by atoms with van der Waals surface area (Å²) in [6.07, 6.45) is 0. The molecule has 0 unspecified atom stereocenters. The summed E-state index contributed by atoms with van der Waals surface area (Å²) in [5, 5.41) is 6.47. The topological polar surface area (TPSA) is 50.4 Å². The zero-order chi connectivity index (χ0) is 19.9. The number of amides is 1. The van der Waals surface area contributed by atoms with Crippen molar-refractivity contribution in [1.82, 2.24) is 5.32 Å². The molecule has 0 saturated carbocycles. The highest BCUT2D eigenvalue weighted by Gasteiger charge is 2.20. The number of carbonyl (C=O) groups excluding carboxylic acids is 1. The third-order valence-electron chi connectivity index (χ3n) is 4.72. The van der Waals surface area contributed by atoms with Crippen LogP contribution in [0.15, 0.2) is 72.8 Å². The molecule has 4 heteroatoms. The standard InChI is InChI=1S/C24H26N2O2/c1-17-9-10-18(2)22(15-17)26-24(27)23(20-7-5-4-6-8-20)25-16-19-11-13-21(28-3)14-12-19/h4-15,23,25H,16H2,1-3H3,(H,26,27)/t23-/m0/s1. The van der Waals surface area contributed by atoms with Crippen LogP contribution >= 0.6 is 0 Å². The molecule has 0 aromatic heterocycles. The van der Waals surface area contributed by atoms with Gasteiger partial charge in [0.15, 0.2) is 0 Å². The van der Waals surface area contributed by atoms with Gasteiger partial charge < -0.3 is 10.1 Å². The van der Waals surface area contributed by atoms with Crippen molar-refractivity contribution >= 4 is 11.6 Å². The van der Waals surface area contributed by atoms with Crippen LogP contribution in [0.3, 0.4) is 0 Å². The Morgan fingerprint density at radius 2 is 1.68 bits per heavy atom. The van der Waals surface area contributed by atoms with E-state index >= 15 is 0 Å². The Hall–Kier alpha value is -3.11. The molecule has 1 atom stereocenters. The zero-order valence-corrected chi connectivity index (χ0v) is 16.5. The number of hydrogen-bond acceptors (Lipinski definition) is 3. The number of anilines is 1. The Bertz CT molecular complexity index is 921. The number of nitrogens with one attached hydrogen (secondary N) is 2. The molecule has 0 fully saturated rings. The third kappa shape index (κ3) is 4.99. The maximum Gasteiger partial charge on any atom is 0.246 e. The van der Waals surface area contributed by atoms with Crippen LogP contribution in [0.1, 0.15) is 28.3 Å². The van der Waals surface area contributed by atoms with E-state index in [1.165, 1.54) is 0 Å². The van der Waals surface area contributed by atoms with E-state index in [1.54, 1.807) is 7.11 Å². The average molecular weight is 374 g/mol. The van der Waals surface area contributed by atoms with Gasteiger partial charge in [0.25, 0.3) is 0 Å². The molecule has 3 rings (SSSR count). The molecule has 28 heavy (non-hydrogen) atoms. The Morgan fingerprint density at radius 3 is 2.36 bits per heavy atom. The second-order valence-electron chi connectivity index (χ2n) is 6.88. The van der Waals surface area contributed by atoms with Gasteiger partial charge in [0, 0.05) is 12.2 Å². The lowest BCUT2D eigenvalue weighted by molar-refractivity contribution is -0.118. The molecular formula is C24H26N2O2. The summed E-state index contributed by atoms with van der Waals surface area (Å²) in [6, 6.07) is 23.2. The minimum atomic E-state index is -0.455. The number of aryl methyl sites for hydroxylation is 2. The molecule has 3 aromatic carbocycles. The number of rotatable bonds is 7. The molecule has 0 heterocycles. The van der Waals surface area contributed by atoms with Crippen molar-refractivity contribution in [2.75, 3.05) is 12.4 Å². The Labute approximate surface area is 166 Å². The summed E-state index contributed by atoms with van der Waals surface area (Å²) in [5.41, 5.74) is 5.02. The van der Waals surface area contributed by atoms with Crippen molar-refractivity contribution in [1.29, 1.82) is 0 Å². The molecule has 0 aliphatic heterocycles. The predicted molar refractivity (Wildman–Crippen MR) is 114 cm³/mol. The second kappa shape index (κ2) is 9.20. The minimum Gasteiger partial charge on any atom is -0.497 e. The highest BCUT2D eigenvalue weighted by molar-refractivity contribution is 5.96. The van der Waals surface area contributed by atoms with Crippen LogP contribution in [0.2, 0.25) is 0 Å². The van der Waals surface area contributed by atoms with Crippen molar-refractivity contribution in [3.8, 4) is 5.75 Å². The molecule has 0 aliphatic carbocycles. The van der Waals surface area contributed by atoms with Gasteiger partial charge >= 0.3 is 0 Å². The maximum atomic E-state index is 13.1. The molecule has 0 saturated heterocycles. The lowest BCUT2D eigenvalue weighted by Crippen LogP contribution is -2.33. The molecule has 0 aliphatic rings. The first kappa shape index (κ1) is 19.6. The molecular weight excluding hydrogens is 348 g/mol. The Kier molecular flexibility index (Phi) is 6.45. The number of benzene rings is 3. The van der Waals surface area contributed by atoms with E-state index < -0.39 is 6.04 Å². The van der Waals surface area contributed by atoms with Crippen LogP contribution in [-0.2, 0) is 11.3 Å². The van der Waals surface area contributed by atoms with Crippen molar-refractivity contribution in [2.24, 2.45) is 0 Å². The first-order valence-corrected chi connectivity index (χ1v) is 9.36. The fourth-order valence-corrected chi connectivity index (χ4v) is 3.05. The predicted octanol–water partition coefficient (Wildman–Crippen LogP) is 4.78. The van der Waals surface area contributed by atoms with E-state index in [0.717, 1.165) is 33.7 Å². The molecule has 1 amide bonds. The third-order valence-corrected chi connectivity index (χ3v) is 4.72. The van der Waals surface area contributed by atoms with Gasteiger partial charge in [-0.15, -0.1) is 0 Å². The van der Waals surface area contributed by atoms with Crippen LogP contribution < -0.4 is 15.4 Å². The molecule has 4 nitrogen and oxygen atoms in total. The van der Waals surface area contributed by atoms with Crippen molar-refractivity contribution in [3.63, 3.8) is 0 Å². The van der Waals surface area contributed by atoms with E-state index in [9.17, 15) is 4.79 Å². The highest BCUT2D eigenvalue weighted by atomic mass is 16.5. The number of methoxy groups -OCH3 is 1. The van der Waals surface area contributed by atoms with Crippen LogP contribution in [0.25, 0.3) is 0 Å². The Balaban J connectivity index is 1.78. The van der Waals surface area contributed by atoms with Gasteiger partial charge in [0.1, 0.15) is 11.8 Å². The van der Waals surface area contributed by atoms with Crippen LogP contribution in [0, 0.1) is 13.8 Å². The van der Waals surface area contributed by atoms with E-state index in [4.69, 9.17) is 4.74 Å². The van der Waals surface area contributed by atoms with Crippen LogP contribution in [0.5, 0.6) is 5.75 Å². The molecule has 3 aromatic rings. The molecule has 0 radical (unpaired) electrons. The number of ether oxygens (including phenoxy) is 1. The fraction of sp³-hybridized carbons (Fsp3) is 0.208. The SMILES string of the molecule is COc1ccc(CN[C@H](C(=O)Nc2cc(C)ccc2C)c2ccccc2)cc1. The first-order chi connectivity index (χ1) is 13.6. The van der Waals surface area contributed by atoms with E-state index in [0.29, 0.717) is 6.54 Å². The lowest BCUT2D eigenvalue weighted by atomic mass is 10.0. The van der Waals surface area contributed by atoms with Crippen molar-refractivity contribution in [2.45, 2.75) is 26.4 Å². The lowest BCUT2D eigenvalue weighted by Gasteiger charge is -2.20. The molecule has 144 valence electrons. The van der Waals surface area contributed by atoms with E-state index in [2.05, 4.69) is 10.6 Å². The van der Waals surface area contributed by atoms with Gasteiger partial charge in [-0.3, -0.25) is 10.1 Å². The van der Waals surface area contributed by atoms with Gasteiger partial charge in [0.2, 0.25) is 5.91 Å². The monoisotopic (exact) mass is 374 g/mol. The minimum absolute atomic E-state index is 0.0755. The van der Waals surface area contributed by atoms with E-state index in [-0.39, 0.29) is 5.91 Å². The second-order valence-corrected chi connectivity index (χ2v) is 6.88. The zero-order valence-electron chi connectivity index (χ0n) is 16.5. The normalized spacial score (nSPS) is 11.7. The number of hydrogen-bond donors (Lipinski definition) is 2. The van der Waals surface area contributed by atoms with E-state index in [1.807, 2.05) is 86.6 Å². The highest BCUT2D eigenvalue weighted by Crippen LogP contribution is 2.21. The van der Waals surface area contributed by atoms with Gasteiger partial charge in [-0.25, -0.2) is 0 Å². The average Bonchev–Trinajstić information content (AvgIpc) is 2.72. The Morgan fingerprint density at radius 1 is 0.964 bits per heavy atom. The van der Waals surface area contributed by atoms with Crippen molar-refractivity contribution in [3.05, 3.63) is 95.1 Å². The van der Waals surface area contributed by atoms with Crippen molar-refractivity contribution < 1.29 is 9.53 Å². The quantitative estimate of drug-likeness (QED) is 0.626. The van der Waals surface area contributed by atoms with Crippen LogP contribution in [-0.4, -0.2) is 13.0 Å². The first-order valence-electron chi connectivity index (χ1n) is 9.36. The summed E-state index contributed by atoms with van der Waals surface area (Å²) in [7, 11) is 1.65. The van der Waals surface area contributed by atoms with Gasteiger partial charge in [0.05, 0.1) is 7.11 Å². The molecule has 2 N–H and O–H groups in total.